The normalized spacial score (nSPS) is 20.2. The van der Waals surface area contributed by atoms with Crippen LogP contribution in [0, 0.1) is 12.8 Å². The van der Waals surface area contributed by atoms with E-state index in [1.165, 1.54) is 11.3 Å². The van der Waals surface area contributed by atoms with E-state index >= 15 is 0 Å². The van der Waals surface area contributed by atoms with Crippen molar-refractivity contribution in [3.8, 4) is 0 Å². The van der Waals surface area contributed by atoms with Gasteiger partial charge in [0.15, 0.2) is 5.13 Å². The number of carbonyl (C=O) groups is 1. The molecule has 2 amide bonds. The Kier molecular flexibility index (Phi) is 4.50. The zero-order valence-electron chi connectivity index (χ0n) is 11.0. The van der Waals surface area contributed by atoms with Crippen LogP contribution in [0.3, 0.4) is 0 Å². The van der Waals surface area contributed by atoms with Crippen molar-refractivity contribution in [2.45, 2.75) is 26.0 Å². The first-order chi connectivity index (χ1) is 8.56. The Morgan fingerprint density at radius 2 is 2.39 bits per heavy atom. The van der Waals surface area contributed by atoms with Crippen molar-refractivity contribution in [3.05, 3.63) is 11.1 Å². The summed E-state index contributed by atoms with van der Waals surface area (Å²) in [5.74, 6) is 1.63. The first-order valence-corrected chi connectivity index (χ1v) is 8.08. The summed E-state index contributed by atoms with van der Waals surface area (Å²) in [4.78, 5) is 18.3. The fourth-order valence-electron chi connectivity index (χ4n) is 1.85. The SMILES string of the molecule is Cc1csc(NC(=O)N2CCS[C@@H](C(C)C)C2)n1. The Morgan fingerprint density at radius 3 is 3.00 bits per heavy atom. The summed E-state index contributed by atoms with van der Waals surface area (Å²) in [6, 6.07) is -0.0182. The number of hydrogen-bond acceptors (Lipinski definition) is 4. The van der Waals surface area contributed by atoms with E-state index in [1.54, 1.807) is 0 Å². The molecule has 18 heavy (non-hydrogen) atoms. The van der Waals surface area contributed by atoms with Gasteiger partial charge in [-0.1, -0.05) is 13.8 Å². The molecule has 1 aliphatic heterocycles. The number of thioether (sulfide) groups is 1. The summed E-state index contributed by atoms with van der Waals surface area (Å²) >= 11 is 3.44. The fraction of sp³-hybridized carbons (Fsp3) is 0.667. The minimum Gasteiger partial charge on any atom is -0.323 e. The number of anilines is 1. The van der Waals surface area contributed by atoms with Crippen molar-refractivity contribution >= 4 is 34.3 Å². The summed E-state index contributed by atoms with van der Waals surface area (Å²) in [5.41, 5.74) is 0.949. The molecule has 4 nitrogen and oxygen atoms in total. The zero-order valence-corrected chi connectivity index (χ0v) is 12.6. The molecule has 1 atom stereocenters. The molecule has 1 fully saturated rings. The number of hydrogen-bond donors (Lipinski definition) is 1. The summed E-state index contributed by atoms with van der Waals surface area (Å²) in [7, 11) is 0. The number of thiazole rings is 1. The second-order valence-corrected chi connectivity index (χ2v) is 7.03. The lowest BCUT2D eigenvalue weighted by atomic mass is 10.1. The van der Waals surface area contributed by atoms with E-state index in [4.69, 9.17) is 0 Å². The summed E-state index contributed by atoms with van der Waals surface area (Å²) < 4.78 is 0. The van der Waals surface area contributed by atoms with Crippen LogP contribution < -0.4 is 5.32 Å². The second kappa shape index (κ2) is 5.93. The Morgan fingerprint density at radius 1 is 1.61 bits per heavy atom. The topological polar surface area (TPSA) is 45.2 Å². The van der Waals surface area contributed by atoms with Crippen molar-refractivity contribution < 1.29 is 4.79 Å². The van der Waals surface area contributed by atoms with Crippen molar-refractivity contribution in [2.75, 3.05) is 24.2 Å². The predicted molar refractivity (Wildman–Crippen MR) is 78.5 cm³/mol. The van der Waals surface area contributed by atoms with E-state index < -0.39 is 0 Å². The maximum Gasteiger partial charge on any atom is 0.323 e. The Labute approximate surface area is 116 Å². The van der Waals surface area contributed by atoms with E-state index in [2.05, 4.69) is 24.1 Å². The highest BCUT2D eigenvalue weighted by Gasteiger charge is 2.26. The molecule has 6 heteroatoms. The molecule has 100 valence electrons. The molecular weight excluding hydrogens is 266 g/mol. The van der Waals surface area contributed by atoms with Crippen LogP contribution in [0.2, 0.25) is 0 Å². The first-order valence-electron chi connectivity index (χ1n) is 6.16. The lowest BCUT2D eigenvalue weighted by Gasteiger charge is -2.34. The third kappa shape index (κ3) is 3.38. The highest BCUT2D eigenvalue weighted by atomic mass is 32.2. The van der Waals surface area contributed by atoms with E-state index in [0.29, 0.717) is 16.3 Å². The Hall–Kier alpha value is -0.750. The van der Waals surface area contributed by atoms with Crippen LogP contribution in [-0.2, 0) is 0 Å². The Bertz CT molecular complexity index is 419. The van der Waals surface area contributed by atoms with Gasteiger partial charge in [-0.3, -0.25) is 5.32 Å². The number of nitrogens with zero attached hydrogens (tertiary/aromatic N) is 2. The van der Waals surface area contributed by atoms with Crippen LogP contribution in [0.15, 0.2) is 5.38 Å². The molecule has 2 rings (SSSR count). The van der Waals surface area contributed by atoms with Crippen LogP contribution in [0.1, 0.15) is 19.5 Å². The van der Waals surface area contributed by atoms with Gasteiger partial charge in [0.2, 0.25) is 0 Å². The van der Waals surface area contributed by atoms with Crippen LogP contribution in [0.5, 0.6) is 0 Å². The summed E-state index contributed by atoms with van der Waals surface area (Å²) in [5, 5.41) is 6.06. The largest absolute Gasteiger partial charge is 0.323 e. The number of nitrogens with one attached hydrogen (secondary N) is 1. The Balaban J connectivity index is 1.92. The summed E-state index contributed by atoms with van der Waals surface area (Å²) in [6.07, 6.45) is 0. The van der Waals surface area contributed by atoms with Crippen LogP contribution in [0.4, 0.5) is 9.93 Å². The van der Waals surface area contributed by atoms with Gasteiger partial charge >= 0.3 is 6.03 Å². The molecule has 0 aromatic carbocycles. The van der Waals surface area contributed by atoms with Crippen molar-refractivity contribution in [1.29, 1.82) is 0 Å². The van der Waals surface area contributed by atoms with E-state index in [0.717, 1.165) is 24.5 Å². The first kappa shape index (κ1) is 13.7. The second-order valence-electron chi connectivity index (χ2n) is 4.82. The van der Waals surface area contributed by atoms with Gasteiger partial charge in [-0.2, -0.15) is 11.8 Å². The number of urea groups is 1. The van der Waals surface area contributed by atoms with Crippen LogP contribution in [-0.4, -0.2) is 40.0 Å². The lowest BCUT2D eigenvalue weighted by molar-refractivity contribution is 0.211. The monoisotopic (exact) mass is 285 g/mol. The standard InChI is InChI=1S/C12H19N3OS2/c1-8(2)10-6-15(4-5-17-10)12(16)14-11-13-9(3)7-18-11/h7-8,10H,4-6H2,1-3H3,(H,13,14,16)/t10-/m1/s1. The van der Waals surface area contributed by atoms with E-state index in [1.807, 2.05) is 29.0 Å². The van der Waals surface area contributed by atoms with Gasteiger partial charge in [0.05, 0.1) is 5.69 Å². The molecule has 1 aromatic rings. The third-order valence-corrected chi connectivity index (χ3v) is 5.37. The molecule has 0 saturated carbocycles. The average Bonchev–Trinajstić information content (AvgIpc) is 2.75. The molecule has 1 aliphatic rings. The maximum absolute atomic E-state index is 12.1. The molecule has 1 saturated heterocycles. The maximum atomic E-state index is 12.1. The molecule has 0 spiro atoms. The molecule has 1 aromatic heterocycles. The molecule has 0 aliphatic carbocycles. The number of aryl methyl sites for hydroxylation is 1. The average molecular weight is 285 g/mol. The van der Waals surface area contributed by atoms with E-state index in [-0.39, 0.29) is 6.03 Å². The van der Waals surface area contributed by atoms with Crippen LogP contribution in [0.25, 0.3) is 0 Å². The van der Waals surface area contributed by atoms with Gasteiger partial charge in [0, 0.05) is 29.5 Å². The fourth-order valence-corrected chi connectivity index (χ4v) is 3.82. The minimum atomic E-state index is -0.0182. The molecule has 0 bridgehead atoms. The van der Waals surface area contributed by atoms with Crippen molar-refractivity contribution in [3.63, 3.8) is 0 Å². The van der Waals surface area contributed by atoms with Crippen LogP contribution >= 0.6 is 23.1 Å². The van der Waals surface area contributed by atoms with Gasteiger partial charge < -0.3 is 4.90 Å². The quantitative estimate of drug-likeness (QED) is 0.908. The van der Waals surface area contributed by atoms with E-state index in [9.17, 15) is 4.79 Å². The smallest absolute Gasteiger partial charge is 0.323 e. The lowest BCUT2D eigenvalue weighted by Crippen LogP contribution is -2.45. The molecule has 0 radical (unpaired) electrons. The predicted octanol–water partition coefficient (Wildman–Crippen LogP) is 3.06. The van der Waals surface area contributed by atoms with Crippen molar-refractivity contribution in [2.24, 2.45) is 5.92 Å². The van der Waals surface area contributed by atoms with Gasteiger partial charge in [0.25, 0.3) is 0 Å². The molecule has 0 unspecified atom stereocenters. The highest BCUT2D eigenvalue weighted by molar-refractivity contribution is 8.00. The number of rotatable bonds is 2. The molecular formula is C12H19N3OS2. The minimum absolute atomic E-state index is 0.0182. The van der Waals surface area contributed by atoms with Gasteiger partial charge in [-0.15, -0.1) is 11.3 Å². The summed E-state index contributed by atoms with van der Waals surface area (Å²) in [6.45, 7) is 8.01. The third-order valence-electron chi connectivity index (χ3n) is 2.96. The molecule has 1 N–H and O–H groups in total. The van der Waals surface area contributed by atoms with Gasteiger partial charge in [0.1, 0.15) is 0 Å². The highest BCUT2D eigenvalue weighted by Crippen LogP contribution is 2.25. The number of aromatic nitrogens is 1. The molecule has 2 heterocycles. The van der Waals surface area contributed by atoms with Gasteiger partial charge in [-0.25, -0.2) is 9.78 Å². The number of amides is 2. The van der Waals surface area contributed by atoms with Crippen molar-refractivity contribution in [1.82, 2.24) is 9.88 Å². The van der Waals surface area contributed by atoms with Gasteiger partial charge in [-0.05, 0) is 12.8 Å². The number of carbonyl (C=O) groups excluding carboxylic acids is 1. The zero-order chi connectivity index (χ0) is 13.1.